The molecule has 0 spiro atoms. The van der Waals surface area contributed by atoms with Gasteiger partial charge in [0.05, 0.1) is 0 Å². The van der Waals surface area contributed by atoms with Crippen molar-refractivity contribution in [2.24, 2.45) is 0 Å². The number of carbonyl (C=O) groups excluding carboxylic acids is 1. The average Bonchev–Trinajstić information content (AvgIpc) is 3.26. The maximum atomic E-state index is 11.9. The van der Waals surface area contributed by atoms with Gasteiger partial charge < -0.3 is 18.6 Å². The lowest BCUT2D eigenvalue weighted by molar-refractivity contribution is -0.139. The molecule has 0 amide bonds. The second-order valence-corrected chi connectivity index (χ2v) is 7.64. The lowest BCUT2D eigenvalue weighted by Crippen LogP contribution is -2.21. The Morgan fingerprint density at radius 1 is 1.19 bits per heavy atom. The van der Waals surface area contributed by atoms with Crippen molar-refractivity contribution >= 4 is 22.1 Å². The summed E-state index contributed by atoms with van der Waals surface area (Å²) in [6.45, 7) is 0.00643. The molecule has 9 heteroatoms. The van der Waals surface area contributed by atoms with Crippen LogP contribution in [0.25, 0.3) is 6.08 Å². The summed E-state index contributed by atoms with van der Waals surface area (Å²) in [5.74, 6) is 0.920. The molecular weight excluding hydrogens is 362 g/mol. The van der Waals surface area contributed by atoms with E-state index >= 15 is 0 Å². The second-order valence-electron chi connectivity index (χ2n) is 5.56. The molecule has 3 rings (SSSR count). The van der Waals surface area contributed by atoms with Crippen LogP contribution in [-0.4, -0.2) is 39.6 Å². The first-order chi connectivity index (χ1) is 12.4. The second kappa shape index (κ2) is 7.22. The zero-order valence-electron chi connectivity index (χ0n) is 14.2. The van der Waals surface area contributed by atoms with Gasteiger partial charge in [0.15, 0.2) is 11.5 Å². The van der Waals surface area contributed by atoms with Crippen LogP contribution in [0.15, 0.2) is 45.9 Å². The third-order valence-corrected chi connectivity index (χ3v) is 5.23. The van der Waals surface area contributed by atoms with E-state index < -0.39 is 16.0 Å². The lowest BCUT2D eigenvalue weighted by Gasteiger charge is -2.07. The molecule has 26 heavy (non-hydrogen) atoms. The summed E-state index contributed by atoms with van der Waals surface area (Å²) in [5.41, 5.74) is 0.753. The molecule has 0 unspecified atom stereocenters. The lowest BCUT2D eigenvalue weighted by atomic mass is 10.2. The van der Waals surface area contributed by atoms with Gasteiger partial charge in [-0.05, 0) is 35.9 Å². The Labute approximate surface area is 150 Å². The summed E-state index contributed by atoms with van der Waals surface area (Å²) >= 11 is 0. The number of rotatable bonds is 6. The minimum Gasteiger partial charge on any atom is -0.454 e. The third kappa shape index (κ3) is 3.89. The number of fused-ring (bicyclic) bond motifs is 1. The third-order valence-electron chi connectivity index (χ3n) is 3.54. The quantitative estimate of drug-likeness (QED) is 0.560. The van der Waals surface area contributed by atoms with Crippen LogP contribution < -0.4 is 9.47 Å². The highest BCUT2D eigenvalue weighted by molar-refractivity contribution is 7.88. The zero-order chi connectivity index (χ0) is 18.7. The van der Waals surface area contributed by atoms with Crippen molar-refractivity contribution in [3.05, 3.63) is 47.7 Å². The number of hydrogen-bond acceptors (Lipinski definition) is 7. The van der Waals surface area contributed by atoms with E-state index in [0.29, 0.717) is 11.5 Å². The molecule has 0 atom stereocenters. The van der Waals surface area contributed by atoms with E-state index in [4.69, 9.17) is 18.6 Å². The van der Waals surface area contributed by atoms with Crippen LogP contribution in [0, 0.1) is 0 Å². The van der Waals surface area contributed by atoms with Crippen molar-refractivity contribution in [2.75, 3.05) is 20.9 Å². The van der Waals surface area contributed by atoms with E-state index in [2.05, 4.69) is 0 Å². The Kier molecular flexibility index (Phi) is 5.01. The van der Waals surface area contributed by atoms with Crippen molar-refractivity contribution in [3.63, 3.8) is 0 Å². The molecule has 2 aromatic rings. The summed E-state index contributed by atoms with van der Waals surface area (Å²) in [5, 5.41) is -0.204. The molecule has 1 aliphatic rings. The largest absolute Gasteiger partial charge is 0.454 e. The normalized spacial score (nSPS) is 13.5. The molecule has 1 aromatic carbocycles. The minimum atomic E-state index is -3.66. The summed E-state index contributed by atoms with van der Waals surface area (Å²) in [7, 11) is -0.853. The van der Waals surface area contributed by atoms with Crippen LogP contribution in [-0.2, 0) is 26.2 Å². The van der Waals surface area contributed by atoms with Gasteiger partial charge >= 0.3 is 5.97 Å². The van der Waals surface area contributed by atoms with Gasteiger partial charge in [-0.3, -0.25) is 0 Å². The molecule has 2 heterocycles. The summed E-state index contributed by atoms with van der Waals surface area (Å²) < 4.78 is 45.6. The molecule has 0 saturated carbocycles. The highest BCUT2D eigenvalue weighted by atomic mass is 32.2. The number of nitrogens with zero attached hydrogens (tertiary/aromatic N) is 1. The molecule has 0 radical (unpaired) electrons. The van der Waals surface area contributed by atoms with Crippen molar-refractivity contribution in [1.29, 1.82) is 0 Å². The van der Waals surface area contributed by atoms with Crippen LogP contribution in [0.4, 0.5) is 0 Å². The van der Waals surface area contributed by atoms with Gasteiger partial charge in [-0.2, -0.15) is 0 Å². The minimum absolute atomic E-state index is 0.173. The molecule has 0 saturated heterocycles. The molecule has 8 nitrogen and oxygen atoms in total. The maximum Gasteiger partial charge on any atom is 0.331 e. The summed E-state index contributed by atoms with van der Waals surface area (Å²) in [6.07, 6.45) is 2.84. The standard InChI is InChI=1S/C17H17NO7S/c1-18(2)26(20,21)17-8-5-13(25-17)10-22-16(19)7-4-12-3-6-14-15(9-12)24-11-23-14/h3-9H,10-11H2,1-2H3/b7-4+. The van der Waals surface area contributed by atoms with E-state index in [1.54, 1.807) is 24.3 Å². The Morgan fingerprint density at radius 3 is 2.73 bits per heavy atom. The highest BCUT2D eigenvalue weighted by Gasteiger charge is 2.21. The topological polar surface area (TPSA) is 95.3 Å². The Morgan fingerprint density at radius 2 is 1.96 bits per heavy atom. The van der Waals surface area contributed by atoms with Crippen LogP contribution in [0.3, 0.4) is 0 Å². The number of hydrogen-bond donors (Lipinski definition) is 0. The fourth-order valence-electron chi connectivity index (χ4n) is 2.13. The molecule has 1 aliphatic heterocycles. The molecule has 138 valence electrons. The Balaban J connectivity index is 1.57. The highest BCUT2D eigenvalue weighted by Crippen LogP contribution is 2.32. The van der Waals surface area contributed by atoms with E-state index in [9.17, 15) is 13.2 Å². The van der Waals surface area contributed by atoms with Gasteiger partial charge in [0.1, 0.15) is 12.4 Å². The van der Waals surface area contributed by atoms with Crippen LogP contribution in [0.2, 0.25) is 0 Å². The number of esters is 1. The number of ether oxygens (including phenoxy) is 3. The Hall–Kier alpha value is -2.78. The van der Waals surface area contributed by atoms with Gasteiger partial charge in [0.2, 0.25) is 11.9 Å². The van der Waals surface area contributed by atoms with E-state index in [-0.39, 0.29) is 24.3 Å². The number of sulfonamides is 1. The van der Waals surface area contributed by atoms with Crippen molar-refractivity contribution in [1.82, 2.24) is 4.31 Å². The monoisotopic (exact) mass is 379 g/mol. The first-order valence-corrected chi connectivity index (χ1v) is 9.06. The van der Waals surface area contributed by atoms with Crippen LogP contribution in [0.5, 0.6) is 11.5 Å². The van der Waals surface area contributed by atoms with Gasteiger partial charge in [-0.1, -0.05) is 6.07 Å². The predicted octanol–water partition coefficient (Wildman–Crippen LogP) is 2.02. The first-order valence-electron chi connectivity index (χ1n) is 7.62. The van der Waals surface area contributed by atoms with E-state index in [0.717, 1.165) is 9.87 Å². The molecule has 0 N–H and O–H groups in total. The van der Waals surface area contributed by atoms with Crippen molar-refractivity contribution in [3.8, 4) is 11.5 Å². The van der Waals surface area contributed by atoms with Crippen molar-refractivity contribution in [2.45, 2.75) is 11.7 Å². The maximum absolute atomic E-state index is 11.9. The molecular formula is C17H17NO7S. The van der Waals surface area contributed by atoms with Gasteiger partial charge in [0, 0.05) is 20.2 Å². The Bertz CT molecular complexity index is 944. The predicted molar refractivity (Wildman–Crippen MR) is 91.0 cm³/mol. The van der Waals surface area contributed by atoms with E-state index in [1.807, 2.05) is 0 Å². The molecule has 0 bridgehead atoms. The van der Waals surface area contributed by atoms with Gasteiger partial charge in [0.25, 0.3) is 10.0 Å². The van der Waals surface area contributed by atoms with Gasteiger partial charge in [-0.15, -0.1) is 0 Å². The number of furan rings is 1. The molecule has 0 aliphatic carbocycles. The zero-order valence-corrected chi connectivity index (χ0v) is 15.0. The molecule has 1 aromatic heterocycles. The summed E-state index contributed by atoms with van der Waals surface area (Å²) in [6, 6.07) is 8.05. The van der Waals surface area contributed by atoms with Crippen LogP contribution >= 0.6 is 0 Å². The SMILES string of the molecule is CN(C)S(=O)(=O)c1ccc(COC(=O)/C=C/c2ccc3c(c2)OCO3)o1. The number of carbonyl (C=O) groups is 1. The first kappa shape index (κ1) is 18.0. The average molecular weight is 379 g/mol. The van der Waals surface area contributed by atoms with E-state index in [1.165, 1.54) is 32.3 Å². The molecule has 0 fully saturated rings. The fraction of sp³-hybridized carbons (Fsp3) is 0.235. The van der Waals surface area contributed by atoms with Crippen LogP contribution in [0.1, 0.15) is 11.3 Å². The summed E-state index contributed by atoms with van der Waals surface area (Å²) in [4.78, 5) is 11.8. The smallest absolute Gasteiger partial charge is 0.331 e. The van der Waals surface area contributed by atoms with Crippen molar-refractivity contribution < 1.29 is 31.8 Å². The fourth-order valence-corrected chi connectivity index (χ4v) is 2.94. The van der Waals surface area contributed by atoms with Gasteiger partial charge in [-0.25, -0.2) is 17.5 Å². The number of benzene rings is 1.